The number of nitrogens with one attached hydrogen (secondary N) is 2. The zero-order valence-electron chi connectivity index (χ0n) is 9.78. The summed E-state index contributed by atoms with van der Waals surface area (Å²) < 4.78 is 0. The summed E-state index contributed by atoms with van der Waals surface area (Å²) in [6, 6.07) is 1.51. The summed E-state index contributed by atoms with van der Waals surface area (Å²) >= 11 is 1.58. The normalized spacial score (nSPS) is 10.7. The Balaban J connectivity index is 2.23. The van der Waals surface area contributed by atoms with E-state index in [1.54, 1.807) is 11.3 Å². The van der Waals surface area contributed by atoms with Crippen LogP contribution in [-0.4, -0.2) is 22.0 Å². The summed E-state index contributed by atoms with van der Waals surface area (Å²) in [4.78, 5) is 22.9. The van der Waals surface area contributed by atoms with Gasteiger partial charge in [-0.3, -0.25) is 4.79 Å². The molecular weight excluding hydrogens is 236 g/mol. The number of H-pyrrole nitrogens is 1. The first-order valence-corrected chi connectivity index (χ1v) is 6.20. The molecule has 0 aliphatic heterocycles. The molecule has 2 aromatic heterocycles. The van der Waals surface area contributed by atoms with Crippen molar-refractivity contribution < 1.29 is 0 Å². The average molecular weight is 250 g/mol. The Kier molecular flexibility index (Phi) is 3.65. The van der Waals surface area contributed by atoms with Crippen LogP contribution in [0.15, 0.2) is 16.2 Å². The maximum absolute atomic E-state index is 11.4. The van der Waals surface area contributed by atoms with Gasteiger partial charge in [0.1, 0.15) is 10.8 Å². The van der Waals surface area contributed by atoms with E-state index in [1.807, 2.05) is 19.4 Å². The van der Waals surface area contributed by atoms with Crippen molar-refractivity contribution in [2.45, 2.75) is 19.9 Å². The van der Waals surface area contributed by atoms with Gasteiger partial charge in [0.05, 0.1) is 12.1 Å². The summed E-state index contributed by atoms with van der Waals surface area (Å²) in [7, 11) is 1.83. The molecule has 17 heavy (non-hydrogen) atoms. The highest BCUT2D eigenvalue weighted by Gasteiger charge is 2.05. The molecule has 0 aliphatic rings. The quantitative estimate of drug-likeness (QED) is 0.843. The second-order valence-electron chi connectivity index (χ2n) is 3.77. The molecule has 0 radical (unpaired) electrons. The van der Waals surface area contributed by atoms with Crippen molar-refractivity contribution in [3.63, 3.8) is 0 Å². The zero-order valence-corrected chi connectivity index (χ0v) is 10.6. The van der Waals surface area contributed by atoms with Gasteiger partial charge in [0, 0.05) is 23.7 Å². The van der Waals surface area contributed by atoms with Gasteiger partial charge >= 0.3 is 0 Å². The second-order valence-corrected chi connectivity index (χ2v) is 4.72. The molecule has 0 saturated carbocycles. The fourth-order valence-corrected chi connectivity index (χ4v) is 2.32. The minimum atomic E-state index is -0.117. The number of thiazole rings is 1. The third-order valence-corrected chi connectivity index (χ3v) is 3.15. The van der Waals surface area contributed by atoms with Crippen LogP contribution in [0.3, 0.4) is 0 Å². The Bertz CT molecular complexity index is 561. The van der Waals surface area contributed by atoms with Crippen LogP contribution >= 0.6 is 11.3 Å². The van der Waals surface area contributed by atoms with E-state index in [0.717, 1.165) is 16.4 Å². The largest absolute Gasteiger partial charge is 0.314 e. The van der Waals surface area contributed by atoms with Gasteiger partial charge in [-0.2, -0.15) is 0 Å². The van der Waals surface area contributed by atoms with Crippen molar-refractivity contribution in [2.24, 2.45) is 0 Å². The summed E-state index contributed by atoms with van der Waals surface area (Å²) in [6.07, 6.45) is 0.575. The lowest BCUT2D eigenvalue weighted by Crippen LogP contribution is -2.16. The highest BCUT2D eigenvalue weighted by molar-refractivity contribution is 7.09. The molecule has 2 heterocycles. The Morgan fingerprint density at radius 1 is 1.47 bits per heavy atom. The lowest BCUT2D eigenvalue weighted by atomic mass is 10.3. The van der Waals surface area contributed by atoms with Crippen molar-refractivity contribution in [2.75, 3.05) is 7.05 Å². The van der Waals surface area contributed by atoms with Crippen LogP contribution in [0.2, 0.25) is 0 Å². The molecule has 2 aromatic rings. The molecule has 0 saturated heterocycles. The Hall–Kier alpha value is -1.53. The smallest absolute Gasteiger partial charge is 0.251 e. The molecule has 0 bridgehead atoms. The van der Waals surface area contributed by atoms with Gasteiger partial charge in [-0.25, -0.2) is 9.97 Å². The lowest BCUT2D eigenvalue weighted by Gasteiger charge is -2.02. The average Bonchev–Trinajstić information content (AvgIpc) is 2.63. The monoisotopic (exact) mass is 250 g/mol. The molecule has 2 N–H and O–H groups in total. The third-order valence-electron chi connectivity index (χ3n) is 2.19. The molecule has 0 amide bonds. The molecular formula is C11H14N4OS. The predicted molar refractivity (Wildman–Crippen MR) is 67.3 cm³/mol. The molecule has 5 nitrogen and oxygen atoms in total. The highest BCUT2D eigenvalue weighted by atomic mass is 32.1. The summed E-state index contributed by atoms with van der Waals surface area (Å²) in [5.41, 5.74) is 1.63. The summed E-state index contributed by atoms with van der Waals surface area (Å²) in [5, 5.41) is 5.93. The maximum Gasteiger partial charge on any atom is 0.251 e. The fourth-order valence-electron chi connectivity index (χ4n) is 1.55. The van der Waals surface area contributed by atoms with Gasteiger partial charge in [-0.05, 0) is 14.0 Å². The van der Waals surface area contributed by atoms with E-state index in [1.165, 1.54) is 6.07 Å². The fraction of sp³-hybridized carbons (Fsp3) is 0.364. The van der Waals surface area contributed by atoms with Crippen molar-refractivity contribution in [1.29, 1.82) is 0 Å². The van der Waals surface area contributed by atoms with Gasteiger partial charge in [0.15, 0.2) is 0 Å². The van der Waals surface area contributed by atoms with Gasteiger partial charge in [0.2, 0.25) is 0 Å². The van der Waals surface area contributed by atoms with Crippen LogP contribution in [0.25, 0.3) is 0 Å². The number of hydrogen-bond acceptors (Lipinski definition) is 5. The first kappa shape index (κ1) is 11.9. The molecule has 0 atom stereocenters. The molecule has 0 unspecified atom stereocenters. The van der Waals surface area contributed by atoms with E-state index in [9.17, 15) is 4.79 Å². The predicted octanol–water partition coefficient (Wildman–Crippen LogP) is 0.845. The summed E-state index contributed by atoms with van der Waals surface area (Å²) in [5.74, 6) is 0.664. The van der Waals surface area contributed by atoms with E-state index < -0.39 is 0 Å². The lowest BCUT2D eigenvalue weighted by molar-refractivity contribution is 0.767. The first-order valence-electron chi connectivity index (χ1n) is 5.32. The summed E-state index contributed by atoms with van der Waals surface area (Å²) in [6.45, 7) is 2.54. The molecule has 0 aromatic carbocycles. The molecule has 0 aliphatic carbocycles. The van der Waals surface area contributed by atoms with Crippen LogP contribution in [0.1, 0.15) is 22.2 Å². The molecule has 2 rings (SSSR count). The van der Waals surface area contributed by atoms with E-state index in [-0.39, 0.29) is 5.56 Å². The first-order chi connectivity index (χ1) is 8.17. The van der Waals surface area contributed by atoms with Gasteiger partial charge in [-0.1, -0.05) is 0 Å². The number of nitrogens with zero attached hydrogens (tertiary/aromatic N) is 2. The van der Waals surface area contributed by atoms with Crippen molar-refractivity contribution >= 4 is 11.3 Å². The van der Waals surface area contributed by atoms with Gasteiger partial charge in [-0.15, -0.1) is 11.3 Å². The standard InChI is InChI=1S/C11H14N4OS/c1-7-6-17-11(13-7)4-9-14-8(5-12-2)3-10(16)15-9/h3,6,12H,4-5H2,1-2H3,(H,14,15,16). The molecule has 0 fully saturated rings. The highest BCUT2D eigenvalue weighted by Crippen LogP contribution is 2.11. The molecule has 0 spiro atoms. The van der Waals surface area contributed by atoms with Crippen molar-refractivity contribution in [1.82, 2.24) is 20.3 Å². The SMILES string of the molecule is CNCc1cc(=O)[nH]c(Cc2nc(C)cs2)n1. The molecule has 6 heteroatoms. The Labute approximate surface area is 103 Å². The van der Waals surface area contributed by atoms with E-state index in [0.29, 0.717) is 18.8 Å². The maximum atomic E-state index is 11.4. The van der Waals surface area contributed by atoms with Crippen molar-refractivity contribution in [3.8, 4) is 0 Å². The van der Waals surface area contributed by atoms with Crippen LogP contribution in [-0.2, 0) is 13.0 Å². The van der Waals surface area contributed by atoms with Crippen molar-refractivity contribution in [3.05, 3.63) is 44.0 Å². The Morgan fingerprint density at radius 2 is 2.29 bits per heavy atom. The van der Waals surface area contributed by atoms with E-state index >= 15 is 0 Å². The van der Waals surface area contributed by atoms with Crippen LogP contribution < -0.4 is 10.9 Å². The van der Waals surface area contributed by atoms with E-state index in [4.69, 9.17) is 0 Å². The van der Waals surface area contributed by atoms with Crippen LogP contribution in [0, 0.1) is 6.92 Å². The second kappa shape index (κ2) is 5.20. The number of aromatic amines is 1. The number of aromatic nitrogens is 3. The number of rotatable bonds is 4. The zero-order chi connectivity index (χ0) is 12.3. The third kappa shape index (κ3) is 3.21. The van der Waals surface area contributed by atoms with E-state index in [2.05, 4.69) is 20.3 Å². The molecule has 90 valence electrons. The topological polar surface area (TPSA) is 70.7 Å². The minimum Gasteiger partial charge on any atom is -0.314 e. The number of hydrogen-bond donors (Lipinski definition) is 2. The van der Waals surface area contributed by atoms with Crippen LogP contribution in [0.5, 0.6) is 0 Å². The van der Waals surface area contributed by atoms with Gasteiger partial charge < -0.3 is 10.3 Å². The minimum absolute atomic E-state index is 0.117. The number of aryl methyl sites for hydroxylation is 1. The van der Waals surface area contributed by atoms with Gasteiger partial charge in [0.25, 0.3) is 5.56 Å². The Morgan fingerprint density at radius 3 is 2.94 bits per heavy atom. The van der Waals surface area contributed by atoms with Crippen LogP contribution in [0.4, 0.5) is 0 Å².